The molecule has 0 aliphatic rings. The zero-order valence-electron chi connectivity index (χ0n) is 10.8. The fourth-order valence-electron chi connectivity index (χ4n) is 1.65. The van der Waals surface area contributed by atoms with Crippen LogP contribution in [-0.2, 0) is 0 Å². The quantitative estimate of drug-likeness (QED) is 0.673. The Bertz CT molecular complexity index is 692. The van der Waals surface area contributed by atoms with Crippen LogP contribution in [0.15, 0.2) is 30.5 Å². The lowest BCUT2D eigenvalue weighted by Gasteiger charge is -2.12. The van der Waals surface area contributed by atoms with Crippen molar-refractivity contribution in [2.75, 3.05) is 0 Å². The normalized spacial score (nSPS) is 12.0. The maximum Gasteiger partial charge on any atom is 0.313 e. The van der Waals surface area contributed by atoms with Gasteiger partial charge in [-0.2, -0.15) is 0 Å². The lowest BCUT2D eigenvalue weighted by molar-refractivity contribution is -0.385. The number of nitrogens with zero attached hydrogens (tertiary/aromatic N) is 2. The first-order valence-corrected chi connectivity index (χ1v) is 6.60. The molecule has 0 radical (unpaired) electrons. The molecule has 1 aromatic heterocycles. The minimum Gasteiger partial charge on any atom is -0.431 e. The van der Waals surface area contributed by atoms with E-state index < -0.39 is 11.0 Å². The number of nitro benzene ring substituents is 1. The van der Waals surface area contributed by atoms with E-state index >= 15 is 0 Å². The predicted octanol–water partition coefficient (Wildman–Crippen LogP) is 4.14. The van der Waals surface area contributed by atoms with Crippen LogP contribution in [-0.4, -0.2) is 15.0 Å². The molecular formula is C13H10Cl2N2O4. The van der Waals surface area contributed by atoms with E-state index in [-0.39, 0.29) is 27.4 Å². The van der Waals surface area contributed by atoms with Crippen LogP contribution >= 0.6 is 23.2 Å². The Morgan fingerprint density at radius 2 is 2.05 bits per heavy atom. The van der Waals surface area contributed by atoms with Gasteiger partial charge in [-0.15, -0.1) is 0 Å². The molecule has 0 amide bonds. The van der Waals surface area contributed by atoms with Crippen molar-refractivity contribution < 1.29 is 14.8 Å². The Labute approximate surface area is 130 Å². The fraction of sp³-hybridized carbons (Fsp3) is 0.154. The maximum absolute atomic E-state index is 11.0. The topological polar surface area (TPSA) is 85.5 Å². The third-order valence-corrected chi connectivity index (χ3v) is 3.38. The number of aliphatic hydroxyl groups is 1. The van der Waals surface area contributed by atoms with E-state index in [1.165, 1.54) is 19.2 Å². The third-order valence-electron chi connectivity index (χ3n) is 2.66. The summed E-state index contributed by atoms with van der Waals surface area (Å²) in [5.41, 5.74) is 0.0597. The van der Waals surface area contributed by atoms with E-state index in [0.717, 1.165) is 6.07 Å². The monoisotopic (exact) mass is 328 g/mol. The van der Waals surface area contributed by atoms with Crippen LogP contribution in [0.5, 0.6) is 11.6 Å². The molecule has 0 aliphatic heterocycles. The van der Waals surface area contributed by atoms with E-state index in [1.807, 2.05) is 0 Å². The Kier molecular flexibility index (Phi) is 4.62. The smallest absolute Gasteiger partial charge is 0.313 e. The molecule has 0 saturated heterocycles. The van der Waals surface area contributed by atoms with Crippen LogP contribution in [0.25, 0.3) is 0 Å². The molecule has 0 saturated carbocycles. The predicted molar refractivity (Wildman–Crippen MR) is 78.1 cm³/mol. The summed E-state index contributed by atoms with van der Waals surface area (Å²) in [7, 11) is 0. The molecular weight excluding hydrogens is 319 g/mol. The van der Waals surface area contributed by atoms with Gasteiger partial charge in [0.05, 0.1) is 21.1 Å². The van der Waals surface area contributed by atoms with Crippen LogP contribution in [0.4, 0.5) is 5.69 Å². The largest absolute Gasteiger partial charge is 0.431 e. The van der Waals surface area contributed by atoms with Gasteiger partial charge in [0.2, 0.25) is 11.6 Å². The molecule has 0 bridgehead atoms. The van der Waals surface area contributed by atoms with E-state index in [1.54, 1.807) is 12.1 Å². The zero-order valence-corrected chi connectivity index (χ0v) is 12.3. The first kappa shape index (κ1) is 15.5. The number of nitro groups is 1. The van der Waals surface area contributed by atoms with E-state index in [4.69, 9.17) is 27.9 Å². The molecule has 1 unspecified atom stereocenters. The van der Waals surface area contributed by atoms with Crippen molar-refractivity contribution in [1.82, 2.24) is 4.98 Å². The summed E-state index contributed by atoms with van der Waals surface area (Å²) in [6.07, 6.45) is 0.612. The molecule has 0 fully saturated rings. The van der Waals surface area contributed by atoms with Crippen molar-refractivity contribution in [3.8, 4) is 11.6 Å². The van der Waals surface area contributed by atoms with Crippen LogP contribution < -0.4 is 4.74 Å². The van der Waals surface area contributed by atoms with Crippen molar-refractivity contribution in [2.24, 2.45) is 0 Å². The number of aliphatic hydroxyl groups excluding tert-OH is 1. The second-order valence-electron chi connectivity index (χ2n) is 4.17. The van der Waals surface area contributed by atoms with E-state index in [2.05, 4.69) is 4.98 Å². The number of benzene rings is 1. The van der Waals surface area contributed by atoms with Crippen LogP contribution in [0.2, 0.25) is 10.0 Å². The van der Waals surface area contributed by atoms with Crippen LogP contribution in [0.1, 0.15) is 18.6 Å². The molecule has 0 spiro atoms. The standard InChI is InChI=1S/C13H10Cl2N2O4/c1-7(18)8-3-2-4-16-13(8)21-12-6-10(15)9(14)5-11(12)17(19)20/h2-7,18H,1H3. The van der Waals surface area contributed by atoms with Crippen molar-refractivity contribution in [3.63, 3.8) is 0 Å². The van der Waals surface area contributed by atoms with Gasteiger partial charge in [-0.25, -0.2) is 4.98 Å². The number of hydrogen-bond donors (Lipinski definition) is 1. The highest BCUT2D eigenvalue weighted by molar-refractivity contribution is 6.42. The molecule has 1 heterocycles. The first-order valence-electron chi connectivity index (χ1n) is 5.84. The van der Waals surface area contributed by atoms with Gasteiger partial charge in [0.1, 0.15) is 0 Å². The fourth-order valence-corrected chi connectivity index (χ4v) is 1.96. The highest BCUT2D eigenvalue weighted by atomic mass is 35.5. The number of halogens is 2. The summed E-state index contributed by atoms with van der Waals surface area (Å²) >= 11 is 11.6. The minimum absolute atomic E-state index is 0.0486. The van der Waals surface area contributed by atoms with Crippen molar-refractivity contribution >= 4 is 28.9 Å². The molecule has 2 rings (SSSR count). The summed E-state index contributed by atoms with van der Waals surface area (Å²) < 4.78 is 5.44. The highest BCUT2D eigenvalue weighted by Gasteiger charge is 2.21. The molecule has 110 valence electrons. The summed E-state index contributed by atoms with van der Waals surface area (Å²) in [6, 6.07) is 5.57. The Balaban J connectivity index is 2.49. The van der Waals surface area contributed by atoms with Gasteiger partial charge >= 0.3 is 5.69 Å². The molecule has 2 aromatic rings. The number of rotatable bonds is 4. The number of pyridine rings is 1. The van der Waals surface area contributed by atoms with Gasteiger partial charge in [0, 0.05) is 23.9 Å². The highest BCUT2D eigenvalue weighted by Crippen LogP contribution is 2.38. The minimum atomic E-state index is -0.837. The lowest BCUT2D eigenvalue weighted by Crippen LogP contribution is -2.00. The van der Waals surface area contributed by atoms with Gasteiger partial charge in [-0.1, -0.05) is 23.2 Å². The summed E-state index contributed by atoms with van der Waals surface area (Å²) in [6.45, 7) is 1.53. The Hall–Kier alpha value is -1.89. The second-order valence-corrected chi connectivity index (χ2v) is 4.98. The Morgan fingerprint density at radius 3 is 2.67 bits per heavy atom. The van der Waals surface area contributed by atoms with Gasteiger partial charge < -0.3 is 9.84 Å². The first-order chi connectivity index (χ1) is 9.90. The molecule has 1 atom stereocenters. The van der Waals surface area contributed by atoms with Crippen molar-refractivity contribution in [2.45, 2.75) is 13.0 Å². The number of ether oxygens (including phenoxy) is 1. The molecule has 6 nitrogen and oxygen atoms in total. The van der Waals surface area contributed by atoms with Gasteiger partial charge in [0.15, 0.2) is 0 Å². The van der Waals surface area contributed by atoms with Crippen LogP contribution in [0.3, 0.4) is 0 Å². The molecule has 1 aromatic carbocycles. The molecule has 0 aliphatic carbocycles. The summed E-state index contributed by atoms with van der Waals surface area (Å²) in [5.74, 6) is -0.0380. The summed E-state index contributed by atoms with van der Waals surface area (Å²) in [4.78, 5) is 14.4. The molecule has 8 heteroatoms. The SMILES string of the molecule is CC(O)c1cccnc1Oc1cc(Cl)c(Cl)cc1[N+](=O)[O-]. The third kappa shape index (κ3) is 3.41. The van der Waals surface area contributed by atoms with E-state index in [0.29, 0.717) is 5.56 Å². The lowest BCUT2D eigenvalue weighted by atomic mass is 10.2. The average molecular weight is 329 g/mol. The second kappa shape index (κ2) is 6.26. The van der Waals surface area contributed by atoms with Crippen molar-refractivity contribution in [3.05, 3.63) is 56.2 Å². The average Bonchev–Trinajstić information content (AvgIpc) is 2.42. The summed E-state index contributed by atoms with van der Waals surface area (Å²) in [5, 5.41) is 20.9. The van der Waals surface area contributed by atoms with Crippen LogP contribution in [0, 0.1) is 10.1 Å². The molecule has 1 N–H and O–H groups in total. The zero-order chi connectivity index (χ0) is 15.6. The maximum atomic E-state index is 11.0. The number of aromatic nitrogens is 1. The number of hydrogen-bond acceptors (Lipinski definition) is 5. The van der Waals surface area contributed by atoms with Crippen molar-refractivity contribution in [1.29, 1.82) is 0 Å². The van der Waals surface area contributed by atoms with Gasteiger partial charge in [0.25, 0.3) is 0 Å². The van der Waals surface area contributed by atoms with E-state index in [9.17, 15) is 15.2 Å². The Morgan fingerprint density at radius 1 is 1.38 bits per heavy atom. The molecule has 21 heavy (non-hydrogen) atoms. The van der Waals surface area contributed by atoms with Gasteiger partial charge in [-0.05, 0) is 19.1 Å². The van der Waals surface area contributed by atoms with Gasteiger partial charge in [-0.3, -0.25) is 10.1 Å².